The molecule has 0 amide bonds. The van der Waals surface area contributed by atoms with Crippen molar-refractivity contribution >= 4 is 5.90 Å². The third-order valence-corrected chi connectivity index (χ3v) is 5.30. The molecule has 0 unspecified atom stereocenters. The number of hydrogen-bond donors (Lipinski definition) is 1. The van der Waals surface area contributed by atoms with Crippen LogP contribution in [0, 0.1) is 56.2 Å². The highest BCUT2D eigenvalue weighted by molar-refractivity contribution is 5.89. The molecule has 1 N–H and O–H groups in total. The Bertz CT molecular complexity index is 831. The van der Waals surface area contributed by atoms with Crippen LogP contribution in [0.4, 0.5) is 0 Å². The Morgan fingerprint density at radius 1 is 1.08 bits per heavy atom. The van der Waals surface area contributed by atoms with Crippen molar-refractivity contribution in [2.45, 2.75) is 38.6 Å². The highest BCUT2D eigenvalue weighted by Crippen LogP contribution is 2.66. The summed E-state index contributed by atoms with van der Waals surface area (Å²) in [5.74, 6) is -2.74. The number of rotatable bonds is 2. The van der Waals surface area contributed by atoms with Crippen LogP contribution >= 0.6 is 0 Å². The molecule has 4 rings (SSSR count). The number of benzene rings is 1. The first-order valence-corrected chi connectivity index (χ1v) is 8.07. The van der Waals surface area contributed by atoms with Crippen molar-refractivity contribution in [3.63, 3.8) is 0 Å². The van der Waals surface area contributed by atoms with Crippen molar-refractivity contribution in [2.75, 3.05) is 0 Å². The van der Waals surface area contributed by atoms with Crippen LogP contribution in [-0.4, -0.2) is 17.8 Å². The molecule has 6 heteroatoms. The summed E-state index contributed by atoms with van der Waals surface area (Å²) in [6.07, 6.45) is -0.789. The van der Waals surface area contributed by atoms with E-state index in [2.05, 4.69) is 18.2 Å². The molecule has 4 atom stereocenters. The topological polar surface area (TPSA) is 114 Å². The number of hydrogen-bond acceptors (Lipinski definition) is 6. The molecule has 0 aliphatic carbocycles. The SMILES string of the molecule is CC(C)[C@H]1O[C@]2(C)OC(=N)[C@]1(C#N)C(C#N)(C#N)[C@H]2c1ccccc1. The standard InChI is InChI=1S/C19H18N4O2/c1-12(2)15-19(11-22)16(23)25-17(3,24-15)14(18(19,9-20)10-21)13-7-5-4-6-8-13/h4-8,12,14-15,23H,1-3H3/t14-,15+,17+,19+/m0/s1. The Morgan fingerprint density at radius 3 is 2.16 bits per heavy atom. The molecule has 25 heavy (non-hydrogen) atoms. The Hall–Kier alpha value is -2.88. The number of nitrogens with one attached hydrogen (secondary N) is 1. The molecule has 0 radical (unpaired) electrons. The van der Waals surface area contributed by atoms with Crippen LogP contribution in [0.15, 0.2) is 30.3 Å². The summed E-state index contributed by atoms with van der Waals surface area (Å²) < 4.78 is 11.8. The number of nitrogens with zero attached hydrogens (tertiary/aromatic N) is 3. The summed E-state index contributed by atoms with van der Waals surface area (Å²) in [7, 11) is 0. The molecule has 0 aromatic heterocycles. The van der Waals surface area contributed by atoms with Gasteiger partial charge in [-0.2, -0.15) is 15.8 Å². The first-order chi connectivity index (χ1) is 11.8. The molecule has 3 fully saturated rings. The third kappa shape index (κ3) is 1.82. The molecule has 3 aliphatic rings. The fourth-order valence-electron chi connectivity index (χ4n) is 4.30. The van der Waals surface area contributed by atoms with Crippen LogP contribution < -0.4 is 0 Å². The molecular formula is C19H18N4O2. The molecule has 126 valence electrons. The molecule has 0 saturated carbocycles. The maximum Gasteiger partial charge on any atom is 0.219 e. The summed E-state index contributed by atoms with van der Waals surface area (Å²) in [5, 5.41) is 38.6. The summed E-state index contributed by atoms with van der Waals surface area (Å²) in [6, 6.07) is 15.3. The van der Waals surface area contributed by atoms with E-state index in [1.54, 1.807) is 31.2 Å². The zero-order valence-electron chi connectivity index (χ0n) is 14.3. The Morgan fingerprint density at radius 2 is 1.68 bits per heavy atom. The molecule has 3 heterocycles. The first-order valence-electron chi connectivity index (χ1n) is 8.07. The normalized spacial score (nSPS) is 35.3. The molecule has 3 aliphatic heterocycles. The van der Waals surface area contributed by atoms with E-state index in [0.717, 1.165) is 0 Å². The minimum atomic E-state index is -1.79. The average Bonchev–Trinajstić information content (AvgIpc) is 2.60. The van der Waals surface area contributed by atoms with Gasteiger partial charge in [-0.25, -0.2) is 0 Å². The Balaban J connectivity index is 2.38. The van der Waals surface area contributed by atoms with E-state index in [1.165, 1.54) is 0 Å². The Kier molecular flexibility index (Phi) is 3.60. The van der Waals surface area contributed by atoms with Gasteiger partial charge in [-0.05, 0) is 11.5 Å². The maximum absolute atomic E-state index is 10.1. The van der Waals surface area contributed by atoms with Gasteiger partial charge in [0.1, 0.15) is 0 Å². The van der Waals surface area contributed by atoms with Crippen molar-refractivity contribution in [1.29, 1.82) is 21.2 Å². The fourth-order valence-corrected chi connectivity index (χ4v) is 4.30. The van der Waals surface area contributed by atoms with Gasteiger partial charge in [-0.15, -0.1) is 0 Å². The van der Waals surface area contributed by atoms with Crippen LogP contribution in [0.3, 0.4) is 0 Å². The molecule has 1 aromatic carbocycles. The van der Waals surface area contributed by atoms with Gasteiger partial charge in [0.05, 0.1) is 30.2 Å². The van der Waals surface area contributed by atoms with Gasteiger partial charge >= 0.3 is 0 Å². The average molecular weight is 334 g/mol. The van der Waals surface area contributed by atoms with Crippen molar-refractivity contribution in [3.8, 4) is 18.2 Å². The van der Waals surface area contributed by atoms with Gasteiger partial charge < -0.3 is 9.47 Å². The lowest BCUT2D eigenvalue weighted by molar-refractivity contribution is -0.327. The lowest BCUT2D eigenvalue weighted by Gasteiger charge is -2.62. The third-order valence-electron chi connectivity index (χ3n) is 5.30. The summed E-state index contributed by atoms with van der Waals surface area (Å²) in [4.78, 5) is 0. The summed E-state index contributed by atoms with van der Waals surface area (Å²) in [6.45, 7) is 5.33. The van der Waals surface area contributed by atoms with Crippen LogP contribution in [0.2, 0.25) is 0 Å². The monoisotopic (exact) mass is 334 g/mol. The largest absolute Gasteiger partial charge is 0.447 e. The van der Waals surface area contributed by atoms with Crippen LogP contribution in [-0.2, 0) is 9.47 Å². The molecule has 6 nitrogen and oxygen atoms in total. The van der Waals surface area contributed by atoms with E-state index in [9.17, 15) is 15.8 Å². The van der Waals surface area contributed by atoms with Gasteiger partial charge in [-0.3, -0.25) is 5.41 Å². The Labute approximate surface area is 146 Å². The van der Waals surface area contributed by atoms with Gasteiger partial charge in [-0.1, -0.05) is 44.2 Å². The number of ether oxygens (including phenoxy) is 2. The van der Waals surface area contributed by atoms with E-state index >= 15 is 0 Å². The first kappa shape index (κ1) is 17.0. The molecule has 3 saturated heterocycles. The van der Waals surface area contributed by atoms with Gasteiger partial charge in [0.2, 0.25) is 11.7 Å². The van der Waals surface area contributed by atoms with Gasteiger partial charge in [0.15, 0.2) is 10.8 Å². The highest BCUT2D eigenvalue weighted by Gasteiger charge is 2.79. The van der Waals surface area contributed by atoms with Crippen molar-refractivity contribution in [2.24, 2.45) is 16.7 Å². The summed E-state index contributed by atoms with van der Waals surface area (Å²) in [5.41, 5.74) is -2.91. The second-order valence-electron chi connectivity index (χ2n) is 7.02. The predicted molar refractivity (Wildman–Crippen MR) is 87.8 cm³/mol. The van der Waals surface area contributed by atoms with Crippen molar-refractivity contribution in [3.05, 3.63) is 35.9 Å². The van der Waals surface area contributed by atoms with E-state index in [1.807, 2.05) is 19.9 Å². The fraction of sp³-hybridized carbons (Fsp3) is 0.474. The maximum atomic E-state index is 10.1. The van der Waals surface area contributed by atoms with Gasteiger partial charge in [0.25, 0.3) is 0 Å². The van der Waals surface area contributed by atoms with Crippen molar-refractivity contribution in [1.82, 2.24) is 0 Å². The minimum Gasteiger partial charge on any atom is -0.447 e. The van der Waals surface area contributed by atoms with Crippen LogP contribution in [0.5, 0.6) is 0 Å². The summed E-state index contributed by atoms with van der Waals surface area (Å²) >= 11 is 0. The number of fused-ring (bicyclic) bond motifs is 3. The van der Waals surface area contributed by atoms with E-state index < -0.39 is 28.6 Å². The van der Waals surface area contributed by atoms with Crippen LogP contribution in [0.25, 0.3) is 0 Å². The van der Waals surface area contributed by atoms with Crippen molar-refractivity contribution < 1.29 is 9.47 Å². The highest BCUT2D eigenvalue weighted by atomic mass is 16.7. The van der Waals surface area contributed by atoms with Crippen LogP contribution in [0.1, 0.15) is 32.3 Å². The predicted octanol–water partition coefficient (Wildman–Crippen LogP) is 3.09. The lowest BCUT2D eigenvalue weighted by atomic mass is 9.49. The number of nitriles is 3. The molecule has 0 spiro atoms. The van der Waals surface area contributed by atoms with Gasteiger partial charge in [0, 0.05) is 6.92 Å². The van der Waals surface area contributed by atoms with E-state index in [0.29, 0.717) is 5.56 Å². The minimum absolute atomic E-state index is 0.180. The molecule has 1 aromatic rings. The molecule has 2 bridgehead atoms. The quantitative estimate of drug-likeness (QED) is 0.892. The van der Waals surface area contributed by atoms with E-state index in [-0.39, 0.29) is 11.8 Å². The second kappa shape index (κ2) is 5.31. The lowest BCUT2D eigenvalue weighted by Crippen LogP contribution is -2.74. The molecular weight excluding hydrogens is 316 g/mol. The second-order valence-corrected chi connectivity index (χ2v) is 7.02. The zero-order chi connectivity index (χ0) is 18.5. The smallest absolute Gasteiger partial charge is 0.219 e. The van der Waals surface area contributed by atoms with E-state index in [4.69, 9.17) is 14.9 Å². The zero-order valence-corrected chi connectivity index (χ0v) is 14.3.